The number of esters is 1. The summed E-state index contributed by atoms with van der Waals surface area (Å²) in [5, 5.41) is 4.37. The van der Waals surface area contributed by atoms with Crippen LogP contribution >= 0.6 is 23.1 Å². The normalized spacial score (nSPS) is 12.1. The van der Waals surface area contributed by atoms with E-state index in [1.165, 1.54) is 33.6 Å². The van der Waals surface area contributed by atoms with Gasteiger partial charge in [-0.25, -0.2) is 9.78 Å². The Hall–Kier alpha value is -1.87. The fraction of sp³-hybridized carbons (Fsp3) is 0.429. The molecule has 2 aromatic heterocycles. The van der Waals surface area contributed by atoms with Gasteiger partial charge in [0.25, 0.3) is 5.56 Å². The Morgan fingerprint density at radius 2 is 2.30 bits per heavy atom. The highest BCUT2D eigenvalue weighted by Gasteiger charge is 2.16. The fourth-order valence-corrected chi connectivity index (χ4v) is 3.29. The SMILES string of the molecule is CCOC(=O)C(C)NC(=O)CSCc1cc(=O)n2ccsc2n1. The lowest BCUT2D eigenvalue weighted by atomic mass is 10.3. The average Bonchev–Trinajstić information content (AvgIpc) is 2.96. The summed E-state index contributed by atoms with van der Waals surface area (Å²) in [6.07, 6.45) is 1.68. The average molecular weight is 355 g/mol. The number of fused-ring (bicyclic) bond motifs is 1. The molecule has 2 rings (SSSR count). The maximum atomic E-state index is 11.8. The van der Waals surface area contributed by atoms with Gasteiger partial charge in [0.2, 0.25) is 5.91 Å². The van der Waals surface area contributed by atoms with Gasteiger partial charge in [0.1, 0.15) is 6.04 Å². The first-order valence-electron chi connectivity index (χ1n) is 7.00. The molecular formula is C14H17N3O4S2. The maximum Gasteiger partial charge on any atom is 0.328 e. The van der Waals surface area contributed by atoms with Crippen molar-refractivity contribution in [2.24, 2.45) is 0 Å². The molecule has 0 radical (unpaired) electrons. The largest absolute Gasteiger partial charge is 0.464 e. The number of hydrogen-bond donors (Lipinski definition) is 1. The highest BCUT2D eigenvalue weighted by molar-refractivity contribution is 7.99. The van der Waals surface area contributed by atoms with Gasteiger partial charge in [-0.05, 0) is 13.8 Å². The van der Waals surface area contributed by atoms with Crippen molar-refractivity contribution in [2.45, 2.75) is 25.6 Å². The van der Waals surface area contributed by atoms with Crippen molar-refractivity contribution in [3.63, 3.8) is 0 Å². The number of nitrogens with one attached hydrogen (secondary N) is 1. The van der Waals surface area contributed by atoms with Crippen LogP contribution in [0.3, 0.4) is 0 Å². The molecule has 1 atom stereocenters. The van der Waals surface area contributed by atoms with E-state index < -0.39 is 12.0 Å². The molecule has 1 amide bonds. The van der Waals surface area contributed by atoms with E-state index in [9.17, 15) is 14.4 Å². The molecule has 7 nitrogen and oxygen atoms in total. The molecule has 0 aliphatic heterocycles. The van der Waals surface area contributed by atoms with Gasteiger partial charge >= 0.3 is 5.97 Å². The van der Waals surface area contributed by atoms with E-state index in [0.717, 1.165) is 0 Å². The molecule has 0 spiro atoms. The fourth-order valence-electron chi connectivity index (χ4n) is 1.82. The number of thioether (sulfide) groups is 1. The second kappa shape index (κ2) is 8.11. The van der Waals surface area contributed by atoms with Crippen molar-refractivity contribution in [2.75, 3.05) is 12.4 Å². The molecule has 23 heavy (non-hydrogen) atoms. The molecule has 0 saturated carbocycles. The van der Waals surface area contributed by atoms with E-state index >= 15 is 0 Å². The van der Waals surface area contributed by atoms with Crippen LogP contribution in [0.5, 0.6) is 0 Å². The molecule has 2 aromatic rings. The molecule has 0 bridgehead atoms. The molecule has 0 fully saturated rings. The van der Waals surface area contributed by atoms with E-state index in [0.29, 0.717) is 16.4 Å². The molecule has 1 N–H and O–H groups in total. The van der Waals surface area contributed by atoms with Gasteiger partial charge in [0, 0.05) is 23.4 Å². The van der Waals surface area contributed by atoms with Gasteiger partial charge in [-0.3, -0.25) is 14.0 Å². The number of ether oxygens (including phenoxy) is 1. The van der Waals surface area contributed by atoms with Crippen molar-refractivity contribution in [3.8, 4) is 0 Å². The minimum absolute atomic E-state index is 0.132. The van der Waals surface area contributed by atoms with E-state index in [4.69, 9.17) is 4.74 Å². The summed E-state index contributed by atoms with van der Waals surface area (Å²) in [6.45, 7) is 3.57. The van der Waals surface area contributed by atoms with E-state index in [2.05, 4.69) is 10.3 Å². The number of carbonyl (C=O) groups excluding carboxylic acids is 2. The number of carbonyl (C=O) groups is 2. The van der Waals surface area contributed by atoms with Gasteiger partial charge in [-0.1, -0.05) is 0 Å². The third-order valence-electron chi connectivity index (χ3n) is 2.86. The summed E-state index contributed by atoms with van der Waals surface area (Å²) in [5.41, 5.74) is 0.501. The first kappa shape index (κ1) is 17.5. The van der Waals surface area contributed by atoms with Crippen molar-refractivity contribution in [1.29, 1.82) is 0 Å². The summed E-state index contributed by atoms with van der Waals surface area (Å²) in [6, 6.07) is 0.791. The van der Waals surface area contributed by atoms with Gasteiger partial charge in [0.15, 0.2) is 4.96 Å². The topological polar surface area (TPSA) is 89.8 Å². The van der Waals surface area contributed by atoms with E-state index in [1.54, 1.807) is 25.4 Å². The quantitative estimate of drug-likeness (QED) is 0.747. The number of nitrogens with zero attached hydrogens (tertiary/aromatic N) is 2. The zero-order valence-electron chi connectivity index (χ0n) is 12.8. The Bertz CT molecular complexity index is 756. The van der Waals surface area contributed by atoms with Crippen LogP contribution in [0, 0.1) is 0 Å². The van der Waals surface area contributed by atoms with Gasteiger partial charge in [-0.15, -0.1) is 23.1 Å². The minimum atomic E-state index is -0.673. The Balaban J connectivity index is 1.82. The van der Waals surface area contributed by atoms with Crippen LogP contribution in [-0.4, -0.2) is 39.7 Å². The Kier molecular flexibility index (Phi) is 6.17. The minimum Gasteiger partial charge on any atom is -0.464 e. The predicted octanol–water partition coefficient (Wildman–Crippen LogP) is 1.06. The van der Waals surface area contributed by atoms with E-state index in [-0.39, 0.29) is 23.8 Å². The third kappa shape index (κ3) is 4.80. The van der Waals surface area contributed by atoms with Crippen LogP contribution in [0.4, 0.5) is 0 Å². The van der Waals surface area contributed by atoms with Crippen molar-refractivity contribution in [3.05, 3.63) is 33.7 Å². The zero-order valence-corrected chi connectivity index (χ0v) is 14.4. The predicted molar refractivity (Wildman–Crippen MR) is 89.7 cm³/mol. The number of amides is 1. The standard InChI is InChI=1S/C14H17N3O4S2/c1-3-21-13(20)9(2)15-11(18)8-22-7-10-6-12(19)17-4-5-23-14(17)16-10/h4-6,9H,3,7-8H2,1-2H3,(H,15,18). The summed E-state index contributed by atoms with van der Waals surface area (Å²) in [7, 11) is 0. The van der Waals surface area contributed by atoms with Crippen molar-refractivity contribution in [1.82, 2.24) is 14.7 Å². The summed E-state index contributed by atoms with van der Waals surface area (Å²) in [4.78, 5) is 40.0. The smallest absolute Gasteiger partial charge is 0.328 e. The Morgan fingerprint density at radius 1 is 1.52 bits per heavy atom. The maximum absolute atomic E-state index is 11.8. The summed E-state index contributed by atoms with van der Waals surface area (Å²) >= 11 is 2.71. The first-order valence-corrected chi connectivity index (χ1v) is 9.04. The zero-order chi connectivity index (χ0) is 16.8. The van der Waals surface area contributed by atoms with Crippen molar-refractivity contribution < 1.29 is 14.3 Å². The molecule has 0 aliphatic rings. The Labute approximate surface area is 141 Å². The first-order chi connectivity index (χ1) is 11.0. The van der Waals surface area contributed by atoms with Gasteiger partial charge in [0.05, 0.1) is 18.1 Å². The second-order valence-corrected chi connectivity index (χ2v) is 6.53. The molecule has 0 aliphatic carbocycles. The van der Waals surface area contributed by atoms with Crippen molar-refractivity contribution >= 4 is 39.9 Å². The summed E-state index contributed by atoms with van der Waals surface area (Å²) < 4.78 is 6.30. The van der Waals surface area contributed by atoms with Gasteiger partial charge < -0.3 is 10.1 Å². The Morgan fingerprint density at radius 3 is 3.04 bits per heavy atom. The highest BCUT2D eigenvalue weighted by atomic mass is 32.2. The van der Waals surface area contributed by atoms with Crippen LogP contribution in [0.15, 0.2) is 22.4 Å². The third-order valence-corrected chi connectivity index (χ3v) is 4.58. The lowest BCUT2D eigenvalue weighted by molar-refractivity contribution is -0.146. The van der Waals surface area contributed by atoms with Crippen LogP contribution in [-0.2, 0) is 20.1 Å². The lowest BCUT2D eigenvalue weighted by Crippen LogP contribution is -2.40. The lowest BCUT2D eigenvalue weighted by Gasteiger charge is -2.12. The van der Waals surface area contributed by atoms with Gasteiger partial charge in [-0.2, -0.15) is 0 Å². The highest BCUT2D eigenvalue weighted by Crippen LogP contribution is 2.12. The molecule has 0 aromatic carbocycles. The number of aromatic nitrogens is 2. The van der Waals surface area contributed by atoms with Crippen LogP contribution in [0.1, 0.15) is 19.5 Å². The molecule has 1 unspecified atom stereocenters. The monoisotopic (exact) mass is 355 g/mol. The molecule has 0 saturated heterocycles. The van der Waals surface area contributed by atoms with E-state index in [1.807, 2.05) is 0 Å². The second-order valence-electron chi connectivity index (χ2n) is 4.68. The van der Waals surface area contributed by atoms with Crippen LogP contribution in [0.2, 0.25) is 0 Å². The molecule has 9 heteroatoms. The molecular weight excluding hydrogens is 338 g/mol. The summed E-state index contributed by atoms with van der Waals surface area (Å²) in [5.74, 6) is -0.0896. The number of rotatable bonds is 7. The molecule has 2 heterocycles. The van der Waals surface area contributed by atoms with Crippen LogP contribution in [0.25, 0.3) is 4.96 Å². The number of hydrogen-bond acceptors (Lipinski definition) is 7. The number of thiazole rings is 1. The van der Waals surface area contributed by atoms with Crippen LogP contribution < -0.4 is 10.9 Å². The molecule has 124 valence electrons.